The molecule has 102 valence electrons. The summed E-state index contributed by atoms with van der Waals surface area (Å²) in [5.74, 6) is 1.67. The van der Waals surface area contributed by atoms with Crippen LogP contribution < -0.4 is 10.6 Å². The molecule has 0 amide bonds. The predicted octanol–water partition coefficient (Wildman–Crippen LogP) is 3.51. The molecule has 0 unspecified atom stereocenters. The van der Waals surface area contributed by atoms with Crippen LogP contribution in [0.3, 0.4) is 0 Å². The lowest BCUT2D eigenvalue weighted by Gasteiger charge is -2.12. The van der Waals surface area contributed by atoms with Crippen LogP contribution in [0.4, 0.5) is 11.8 Å². The van der Waals surface area contributed by atoms with Gasteiger partial charge in [0.2, 0.25) is 5.95 Å². The molecule has 1 aliphatic carbocycles. The Morgan fingerprint density at radius 2 is 2.16 bits per heavy atom. The van der Waals surface area contributed by atoms with Crippen LogP contribution in [-0.2, 0) is 6.42 Å². The monoisotopic (exact) mass is 276 g/mol. The third-order valence-corrected chi connectivity index (χ3v) is 4.98. The Kier molecular flexibility index (Phi) is 3.09. The Labute approximate surface area is 117 Å². The van der Waals surface area contributed by atoms with Crippen LogP contribution in [0.5, 0.6) is 0 Å². The first-order chi connectivity index (χ1) is 9.13. The number of aryl methyl sites for hydroxylation is 1. The van der Waals surface area contributed by atoms with Crippen LogP contribution in [0.25, 0.3) is 10.2 Å². The van der Waals surface area contributed by atoms with Crippen molar-refractivity contribution in [1.29, 1.82) is 0 Å². The summed E-state index contributed by atoms with van der Waals surface area (Å²) in [7, 11) is 1.86. The number of anilines is 2. The molecule has 0 aromatic carbocycles. The highest BCUT2D eigenvalue weighted by molar-refractivity contribution is 7.18. The van der Waals surface area contributed by atoms with Gasteiger partial charge in [-0.3, -0.25) is 0 Å². The molecular formula is C14H20N4S. The molecule has 2 aromatic heterocycles. The molecule has 3 rings (SSSR count). The van der Waals surface area contributed by atoms with Gasteiger partial charge in [-0.2, -0.15) is 4.98 Å². The van der Waals surface area contributed by atoms with Gasteiger partial charge in [0.25, 0.3) is 0 Å². The maximum Gasteiger partial charge on any atom is 0.225 e. The van der Waals surface area contributed by atoms with E-state index in [1.807, 2.05) is 7.05 Å². The minimum atomic E-state index is 0.473. The van der Waals surface area contributed by atoms with Gasteiger partial charge in [-0.1, -0.05) is 13.8 Å². The van der Waals surface area contributed by atoms with E-state index >= 15 is 0 Å². The Hall–Kier alpha value is -1.36. The van der Waals surface area contributed by atoms with E-state index in [0.717, 1.165) is 29.0 Å². The number of thiophene rings is 1. The van der Waals surface area contributed by atoms with E-state index in [0.29, 0.717) is 11.4 Å². The standard InChI is InChI=1S/C14H20N4S/c1-4-9-7-10-11(16-8-14(2)5-6-14)17-13(15-3)18-12(10)19-9/h7H,4-6,8H2,1-3H3,(H2,15,16,17,18). The van der Waals surface area contributed by atoms with E-state index in [9.17, 15) is 0 Å². The third kappa shape index (κ3) is 2.52. The molecule has 0 saturated heterocycles. The van der Waals surface area contributed by atoms with E-state index in [-0.39, 0.29) is 0 Å². The van der Waals surface area contributed by atoms with Gasteiger partial charge in [0, 0.05) is 18.5 Å². The molecular weight excluding hydrogens is 256 g/mol. The lowest BCUT2D eigenvalue weighted by molar-refractivity contribution is 0.610. The van der Waals surface area contributed by atoms with Crippen molar-refractivity contribution < 1.29 is 0 Å². The molecule has 1 fully saturated rings. The first-order valence-corrected chi connectivity index (χ1v) is 7.67. The highest BCUT2D eigenvalue weighted by Crippen LogP contribution is 2.45. The van der Waals surface area contributed by atoms with Gasteiger partial charge in [0.15, 0.2) is 0 Å². The van der Waals surface area contributed by atoms with Gasteiger partial charge in [-0.15, -0.1) is 11.3 Å². The molecule has 2 N–H and O–H groups in total. The van der Waals surface area contributed by atoms with E-state index in [2.05, 4.69) is 40.5 Å². The maximum absolute atomic E-state index is 4.57. The van der Waals surface area contributed by atoms with Crippen molar-refractivity contribution in [2.75, 3.05) is 24.2 Å². The summed E-state index contributed by atoms with van der Waals surface area (Å²) in [6, 6.07) is 2.22. The molecule has 0 radical (unpaired) electrons. The quantitative estimate of drug-likeness (QED) is 0.877. The molecule has 2 heterocycles. The van der Waals surface area contributed by atoms with Crippen molar-refractivity contribution in [2.24, 2.45) is 5.41 Å². The Morgan fingerprint density at radius 3 is 2.79 bits per heavy atom. The summed E-state index contributed by atoms with van der Waals surface area (Å²) in [6.07, 6.45) is 3.68. The van der Waals surface area contributed by atoms with Gasteiger partial charge in [0.1, 0.15) is 10.6 Å². The Morgan fingerprint density at radius 1 is 1.37 bits per heavy atom. The number of nitrogens with one attached hydrogen (secondary N) is 2. The zero-order chi connectivity index (χ0) is 13.5. The molecule has 0 aliphatic heterocycles. The van der Waals surface area contributed by atoms with Gasteiger partial charge in [-0.25, -0.2) is 4.98 Å². The zero-order valence-electron chi connectivity index (χ0n) is 11.7. The Balaban J connectivity index is 1.96. The highest BCUT2D eigenvalue weighted by Gasteiger charge is 2.37. The SMILES string of the molecule is CCc1cc2c(NCC3(C)CC3)nc(NC)nc2s1. The molecule has 2 aromatic rings. The largest absolute Gasteiger partial charge is 0.369 e. The van der Waals surface area contributed by atoms with Crippen molar-refractivity contribution in [3.05, 3.63) is 10.9 Å². The summed E-state index contributed by atoms with van der Waals surface area (Å²) >= 11 is 1.76. The lowest BCUT2D eigenvalue weighted by atomic mass is 10.1. The molecule has 19 heavy (non-hydrogen) atoms. The van der Waals surface area contributed by atoms with Crippen molar-refractivity contribution in [2.45, 2.75) is 33.1 Å². The second-order valence-electron chi connectivity index (χ2n) is 5.60. The van der Waals surface area contributed by atoms with E-state index in [4.69, 9.17) is 0 Å². The van der Waals surface area contributed by atoms with Crippen molar-refractivity contribution in [3.8, 4) is 0 Å². The number of hydrogen-bond acceptors (Lipinski definition) is 5. The van der Waals surface area contributed by atoms with Crippen molar-refractivity contribution in [1.82, 2.24) is 9.97 Å². The molecule has 0 atom stereocenters. The normalized spacial score (nSPS) is 16.6. The van der Waals surface area contributed by atoms with E-state index in [1.165, 1.54) is 17.7 Å². The topological polar surface area (TPSA) is 49.8 Å². The molecule has 1 saturated carbocycles. The second kappa shape index (κ2) is 4.63. The minimum Gasteiger partial charge on any atom is -0.369 e. The Bertz CT molecular complexity index is 601. The smallest absolute Gasteiger partial charge is 0.225 e. The molecule has 0 bridgehead atoms. The van der Waals surface area contributed by atoms with Crippen LogP contribution in [0.15, 0.2) is 6.07 Å². The average Bonchev–Trinajstić information content (AvgIpc) is 3.01. The van der Waals surface area contributed by atoms with E-state index < -0.39 is 0 Å². The summed E-state index contributed by atoms with van der Waals surface area (Å²) in [5.41, 5.74) is 0.473. The van der Waals surface area contributed by atoms with Crippen LogP contribution >= 0.6 is 11.3 Å². The van der Waals surface area contributed by atoms with Crippen LogP contribution in [0.1, 0.15) is 31.6 Å². The van der Waals surface area contributed by atoms with Crippen LogP contribution in [0, 0.1) is 5.41 Å². The van der Waals surface area contributed by atoms with Gasteiger partial charge >= 0.3 is 0 Å². The summed E-state index contributed by atoms with van der Waals surface area (Å²) < 4.78 is 0. The number of hydrogen-bond donors (Lipinski definition) is 2. The lowest BCUT2D eigenvalue weighted by Crippen LogP contribution is -2.13. The summed E-state index contributed by atoms with van der Waals surface area (Å²) in [5, 5.41) is 7.72. The number of rotatable bonds is 5. The second-order valence-corrected chi connectivity index (χ2v) is 6.71. The molecule has 5 heteroatoms. The number of fused-ring (bicyclic) bond motifs is 1. The first-order valence-electron chi connectivity index (χ1n) is 6.85. The third-order valence-electron chi connectivity index (χ3n) is 3.80. The number of aromatic nitrogens is 2. The fraction of sp³-hybridized carbons (Fsp3) is 0.571. The fourth-order valence-electron chi connectivity index (χ4n) is 2.08. The fourth-order valence-corrected chi connectivity index (χ4v) is 3.05. The summed E-state index contributed by atoms with van der Waals surface area (Å²) in [6.45, 7) is 5.50. The molecule has 4 nitrogen and oxygen atoms in total. The first kappa shape index (κ1) is 12.7. The number of nitrogens with zero attached hydrogens (tertiary/aromatic N) is 2. The predicted molar refractivity (Wildman–Crippen MR) is 82.2 cm³/mol. The average molecular weight is 276 g/mol. The zero-order valence-corrected chi connectivity index (χ0v) is 12.5. The van der Waals surface area contributed by atoms with Crippen LogP contribution in [0.2, 0.25) is 0 Å². The van der Waals surface area contributed by atoms with Crippen molar-refractivity contribution in [3.63, 3.8) is 0 Å². The van der Waals surface area contributed by atoms with Gasteiger partial charge in [-0.05, 0) is 30.7 Å². The van der Waals surface area contributed by atoms with Gasteiger partial charge < -0.3 is 10.6 Å². The van der Waals surface area contributed by atoms with Crippen molar-refractivity contribution >= 4 is 33.3 Å². The summed E-state index contributed by atoms with van der Waals surface area (Å²) in [4.78, 5) is 11.5. The molecule has 1 aliphatic rings. The van der Waals surface area contributed by atoms with Gasteiger partial charge in [0.05, 0.1) is 5.39 Å². The highest BCUT2D eigenvalue weighted by atomic mass is 32.1. The minimum absolute atomic E-state index is 0.473. The van der Waals surface area contributed by atoms with E-state index in [1.54, 1.807) is 11.3 Å². The maximum atomic E-state index is 4.57. The van der Waals surface area contributed by atoms with Crippen LogP contribution in [-0.4, -0.2) is 23.6 Å². The molecule has 0 spiro atoms.